The van der Waals surface area contributed by atoms with E-state index in [9.17, 15) is 0 Å². The van der Waals surface area contributed by atoms with Crippen LogP contribution in [0.2, 0.25) is 0 Å². The Bertz CT molecular complexity index is 1020. The summed E-state index contributed by atoms with van der Waals surface area (Å²) in [5, 5.41) is 1.29. The highest BCUT2D eigenvalue weighted by atomic mass is 16.5. The van der Waals surface area contributed by atoms with Gasteiger partial charge < -0.3 is 9.72 Å². The van der Waals surface area contributed by atoms with Gasteiger partial charge in [0.25, 0.3) is 0 Å². The second-order valence-corrected chi connectivity index (χ2v) is 10.5. The van der Waals surface area contributed by atoms with E-state index in [-0.39, 0.29) is 16.6 Å². The molecule has 0 bridgehead atoms. The summed E-state index contributed by atoms with van der Waals surface area (Å²) in [6, 6.07) is 15.2. The molecule has 0 saturated carbocycles. The van der Waals surface area contributed by atoms with Crippen molar-refractivity contribution < 1.29 is 4.74 Å². The van der Waals surface area contributed by atoms with Crippen LogP contribution in [0.15, 0.2) is 48.7 Å². The van der Waals surface area contributed by atoms with Crippen LogP contribution in [0.3, 0.4) is 0 Å². The Hall–Kier alpha value is -2.17. The van der Waals surface area contributed by atoms with Crippen LogP contribution in [0, 0.1) is 12.3 Å². The molecule has 1 aliphatic heterocycles. The lowest BCUT2D eigenvalue weighted by atomic mass is 9.69. The van der Waals surface area contributed by atoms with Crippen molar-refractivity contribution in [2.75, 3.05) is 19.7 Å². The first-order chi connectivity index (χ1) is 15.2. The molecular weight excluding hydrogens is 394 g/mol. The maximum absolute atomic E-state index is 6.40. The van der Waals surface area contributed by atoms with E-state index in [4.69, 9.17) is 4.74 Å². The average molecular weight is 434 g/mol. The fraction of sp³-hybridized carbons (Fsp3) is 0.536. The second-order valence-electron chi connectivity index (χ2n) is 10.5. The van der Waals surface area contributed by atoms with Crippen LogP contribution in [-0.2, 0) is 16.7 Å². The SMILES string of the molecule is CCOC(C)(C)[C@]1(CCc2cc3ccccc3[nH]2)CCN(C(C)(C)c2ccc(C)nc2)C1. The highest BCUT2D eigenvalue weighted by Crippen LogP contribution is 2.49. The minimum Gasteiger partial charge on any atom is -0.375 e. The van der Waals surface area contributed by atoms with Gasteiger partial charge in [-0.25, -0.2) is 0 Å². The van der Waals surface area contributed by atoms with Crippen molar-refractivity contribution in [3.8, 4) is 0 Å². The molecule has 0 radical (unpaired) electrons. The van der Waals surface area contributed by atoms with Gasteiger partial charge >= 0.3 is 0 Å². The molecule has 3 heterocycles. The molecule has 0 spiro atoms. The molecule has 32 heavy (non-hydrogen) atoms. The molecular formula is C28H39N3O. The quantitative estimate of drug-likeness (QED) is 0.457. The van der Waals surface area contributed by atoms with Crippen LogP contribution in [0.4, 0.5) is 0 Å². The number of pyridine rings is 1. The molecule has 1 N–H and O–H groups in total. The van der Waals surface area contributed by atoms with E-state index < -0.39 is 0 Å². The molecule has 0 aliphatic carbocycles. The molecule has 1 saturated heterocycles. The Morgan fingerprint density at radius 3 is 2.59 bits per heavy atom. The number of nitrogens with one attached hydrogen (secondary N) is 1. The van der Waals surface area contributed by atoms with Crippen LogP contribution >= 0.6 is 0 Å². The molecule has 1 aromatic carbocycles. The summed E-state index contributed by atoms with van der Waals surface area (Å²) >= 11 is 0. The Balaban J connectivity index is 1.58. The van der Waals surface area contributed by atoms with Crippen LogP contribution < -0.4 is 0 Å². The minimum absolute atomic E-state index is 0.0636. The number of likely N-dealkylation sites (tertiary alicyclic amines) is 1. The molecule has 4 nitrogen and oxygen atoms in total. The van der Waals surface area contributed by atoms with Crippen molar-refractivity contribution in [2.45, 2.75) is 71.9 Å². The fourth-order valence-electron chi connectivity index (χ4n) is 5.51. The van der Waals surface area contributed by atoms with Gasteiger partial charge in [-0.3, -0.25) is 9.88 Å². The van der Waals surface area contributed by atoms with Crippen molar-refractivity contribution in [1.82, 2.24) is 14.9 Å². The molecule has 4 rings (SSSR count). The number of aromatic amines is 1. The topological polar surface area (TPSA) is 41.1 Å². The van der Waals surface area contributed by atoms with E-state index in [2.05, 4.69) is 92.0 Å². The number of hydrogen-bond donors (Lipinski definition) is 1. The van der Waals surface area contributed by atoms with Crippen LogP contribution in [0.1, 0.15) is 64.4 Å². The fourth-order valence-corrected chi connectivity index (χ4v) is 5.51. The summed E-state index contributed by atoms with van der Waals surface area (Å²) < 4.78 is 6.40. The van der Waals surface area contributed by atoms with Gasteiger partial charge in [0, 0.05) is 47.2 Å². The van der Waals surface area contributed by atoms with Gasteiger partial charge in [0.05, 0.1) is 5.60 Å². The van der Waals surface area contributed by atoms with Gasteiger partial charge in [0.15, 0.2) is 0 Å². The lowest BCUT2D eigenvalue weighted by molar-refractivity contribution is -0.109. The van der Waals surface area contributed by atoms with E-state index in [0.717, 1.165) is 44.7 Å². The predicted molar refractivity (Wildman–Crippen MR) is 133 cm³/mol. The largest absolute Gasteiger partial charge is 0.375 e. The molecule has 2 aromatic heterocycles. The standard InChI is InChI=1S/C28H39N3O/c1-7-32-27(5,6)28(15-14-24-18-22-10-8-9-11-25(22)30-24)16-17-31(20-28)26(3,4)23-13-12-21(2)29-19-23/h8-13,18-19,30H,7,14-17,20H2,1-6H3/t28-/m1/s1. The molecule has 4 heteroatoms. The van der Waals surface area contributed by atoms with Gasteiger partial charge in [0.1, 0.15) is 0 Å². The smallest absolute Gasteiger partial charge is 0.0695 e. The number of ether oxygens (including phenoxy) is 1. The Kier molecular flexibility index (Phi) is 6.21. The van der Waals surface area contributed by atoms with Gasteiger partial charge in [-0.15, -0.1) is 0 Å². The lowest BCUT2D eigenvalue weighted by Crippen LogP contribution is -2.50. The molecule has 3 aromatic rings. The second kappa shape index (κ2) is 8.64. The zero-order valence-electron chi connectivity index (χ0n) is 20.7. The normalized spacial score (nSPS) is 20.3. The number of para-hydroxylation sites is 1. The van der Waals surface area contributed by atoms with E-state index in [1.54, 1.807) is 0 Å². The number of aromatic nitrogens is 2. The zero-order valence-corrected chi connectivity index (χ0v) is 20.7. The zero-order chi connectivity index (χ0) is 23.0. The average Bonchev–Trinajstić information content (AvgIpc) is 3.38. The third kappa shape index (κ3) is 4.23. The van der Waals surface area contributed by atoms with Crippen LogP contribution in [-0.4, -0.2) is 40.2 Å². The van der Waals surface area contributed by atoms with Gasteiger partial charge in [-0.05, 0) is 96.5 Å². The van der Waals surface area contributed by atoms with E-state index in [0.29, 0.717) is 0 Å². The number of fused-ring (bicyclic) bond motifs is 1. The molecule has 1 atom stereocenters. The van der Waals surface area contributed by atoms with Crippen molar-refractivity contribution in [3.05, 3.63) is 65.6 Å². The van der Waals surface area contributed by atoms with E-state index >= 15 is 0 Å². The minimum atomic E-state index is -0.190. The first kappa shape index (κ1) is 23.0. The van der Waals surface area contributed by atoms with E-state index in [1.165, 1.54) is 22.2 Å². The van der Waals surface area contributed by atoms with Crippen molar-refractivity contribution in [2.24, 2.45) is 5.41 Å². The lowest BCUT2D eigenvalue weighted by Gasteiger charge is -2.46. The predicted octanol–water partition coefficient (Wildman–Crippen LogP) is 6.25. The summed E-state index contributed by atoms with van der Waals surface area (Å²) in [6.45, 7) is 16.3. The summed E-state index contributed by atoms with van der Waals surface area (Å²) in [5.41, 5.74) is 4.73. The van der Waals surface area contributed by atoms with Crippen molar-refractivity contribution in [1.29, 1.82) is 0 Å². The van der Waals surface area contributed by atoms with Crippen molar-refractivity contribution in [3.63, 3.8) is 0 Å². The van der Waals surface area contributed by atoms with Crippen LogP contribution in [0.25, 0.3) is 10.9 Å². The van der Waals surface area contributed by atoms with Gasteiger partial charge in [0.2, 0.25) is 0 Å². The first-order valence-electron chi connectivity index (χ1n) is 12.1. The summed E-state index contributed by atoms with van der Waals surface area (Å²) in [5.74, 6) is 0. The number of rotatable bonds is 8. The number of benzene rings is 1. The summed E-state index contributed by atoms with van der Waals surface area (Å²) in [4.78, 5) is 10.8. The Labute approximate surface area is 193 Å². The third-order valence-corrected chi connectivity index (χ3v) is 8.00. The highest BCUT2D eigenvalue weighted by molar-refractivity contribution is 5.80. The number of aryl methyl sites for hydroxylation is 2. The molecule has 172 valence electrons. The van der Waals surface area contributed by atoms with Gasteiger partial charge in [-0.2, -0.15) is 0 Å². The maximum atomic E-state index is 6.40. The Morgan fingerprint density at radius 2 is 1.91 bits per heavy atom. The number of hydrogen-bond acceptors (Lipinski definition) is 3. The van der Waals surface area contributed by atoms with E-state index in [1.807, 2.05) is 13.1 Å². The molecule has 1 aliphatic rings. The number of nitrogens with zero attached hydrogens (tertiary/aromatic N) is 2. The maximum Gasteiger partial charge on any atom is 0.0695 e. The Morgan fingerprint density at radius 1 is 1.12 bits per heavy atom. The molecule has 1 fully saturated rings. The summed E-state index contributed by atoms with van der Waals surface area (Å²) in [7, 11) is 0. The van der Waals surface area contributed by atoms with Gasteiger partial charge in [-0.1, -0.05) is 24.3 Å². The number of H-pyrrole nitrogens is 1. The third-order valence-electron chi connectivity index (χ3n) is 8.00. The molecule has 0 amide bonds. The monoisotopic (exact) mass is 433 g/mol. The first-order valence-corrected chi connectivity index (χ1v) is 12.1. The van der Waals surface area contributed by atoms with Crippen molar-refractivity contribution >= 4 is 10.9 Å². The molecule has 0 unspecified atom stereocenters. The highest BCUT2D eigenvalue weighted by Gasteiger charge is 2.52. The van der Waals surface area contributed by atoms with Crippen LogP contribution in [0.5, 0.6) is 0 Å². The summed E-state index contributed by atoms with van der Waals surface area (Å²) in [6.07, 6.45) is 5.33.